The molecule has 0 saturated carbocycles. The maximum Gasteiger partial charge on any atom is 0.196 e. The van der Waals surface area contributed by atoms with Crippen molar-refractivity contribution < 1.29 is 38.1 Å². The monoisotopic (exact) mass is 646 g/mol. The molecule has 2 heterocycles. The van der Waals surface area contributed by atoms with E-state index in [4.69, 9.17) is 18.3 Å². The van der Waals surface area contributed by atoms with Gasteiger partial charge in [0.2, 0.25) is 0 Å². The molecule has 44 heavy (non-hydrogen) atoms. The number of fused-ring (bicyclic) bond motifs is 2. The molecule has 10 heteroatoms. The number of hydrogen-bond acceptors (Lipinski definition) is 8. The summed E-state index contributed by atoms with van der Waals surface area (Å²) in [5.41, 5.74) is -0.459. The van der Waals surface area contributed by atoms with Gasteiger partial charge in [-0.25, -0.2) is 0 Å². The number of aliphatic hydroxyl groups is 2. The van der Waals surface area contributed by atoms with Gasteiger partial charge < -0.3 is 28.5 Å². The molecule has 2 saturated heterocycles. The van der Waals surface area contributed by atoms with E-state index in [1.807, 2.05) is 13.8 Å². The van der Waals surface area contributed by atoms with Gasteiger partial charge >= 0.3 is 0 Å². The third-order valence-corrected chi connectivity index (χ3v) is 22.1. The van der Waals surface area contributed by atoms with Crippen LogP contribution in [0.5, 0.6) is 0 Å². The van der Waals surface area contributed by atoms with Crippen LogP contribution in [-0.2, 0) is 27.9 Å². The predicted octanol–water partition coefficient (Wildman–Crippen LogP) is 6.08. The van der Waals surface area contributed by atoms with Crippen molar-refractivity contribution >= 4 is 28.2 Å². The van der Waals surface area contributed by atoms with Gasteiger partial charge in [0.15, 0.2) is 39.8 Å². The topological polar surface area (TPSA) is 112 Å². The molecule has 0 aromatic carbocycles. The average Bonchev–Trinajstić information content (AvgIpc) is 3.62. The van der Waals surface area contributed by atoms with Crippen LogP contribution >= 0.6 is 0 Å². The molecule has 0 aromatic rings. The lowest BCUT2D eigenvalue weighted by atomic mass is 9.58. The second kappa shape index (κ2) is 9.33. The van der Waals surface area contributed by atoms with Crippen LogP contribution in [0, 0.1) is 11.8 Å². The minimum absolute atomic E-state index is 0.0568. The summed E-state index contributed by atoms with van der Waals surface area (Å²) in [5, 5.41) is 25.7. The first-order valence-electron chi connectivity index (χ1n) is 16.7. The number of ether oxygens (including phenoxy) is 2. The van der Waals surface area contributed by atoms with Gasteiger partial charge in [-0.15, -0.1) is 0 Å². The van der Waals surface area contributed by atoms with Gasteiger partial charge in [0.05, 0.1) is 11.8 Å². The second-order valence-corrected chi connectivity index (χ2v) is 26.8. The van der Waals surface area contributed by atoms with Crippen molar-refractivity contribution in [1.82, 2.24) is 0 Å². The summed E-state index contributed by atoms with van der Waals surface area (Å²) in [5.74, 6) is -5.29. The molecular formula is C34H54O8Si2. The molecule has 2 N–H and O–H groups in total. The molecule has 4 aliphatic carbocycles. The molecule has 0 bridgehead atoms. The molecule has 0 radical (unpaired) electrons. The molecule has 2 aliphatic heterocycles. The highest BCUT2D eigenvalue weighted by Crippen LogP contribution is 2.74. The summed E-state index contributed by atoms with van der Waals surface area (Å²) in [4.78, 5) is 27.6. The highest BCUT2D eigenvalue weighted by Gasteiger charge is 2.86. The minimum Gasteiger partial charge on any atom is -0.407 e. The Morgan fingerprint density at radius 1 is 0.682 bits per heavy atom. The number of ketones is 2. The summed E-state index contributed by atoms with van der Waals surface area (Å²) < 4.78 is 28.6. The summed E-state index contributed by atoms with van der Waals surface area (Å²) >= 11 is 0. The molecule has 8 atom stereocenters. The first-order chi connectivity index (χ1) is 20.0. The Morgan fingerprint density at radius 2 is 1.00 bits per heavy atom. The van der Waals surface area contributed by atoms with Crippen molar-refractivity contribution in [2.24, 2.45) is 11.8 Å². The van der Waals surface area contributed by atoms with Crippen LogP contribution in [0.15, 0.2) is 22.3 Å². The van der Waals surface area contributed by atoms with Gasteiger partial charge in [0.25, 0.3) is 0 Å². The normalized spacial score (nSPS) is 42.0. The predicted molar refractivity (Wildman–Crippen MR) is 172 cm³/mol. The summed E-state index contributed by atoms with van der Waals surface area (Å²) in [6.45, 7) is 25.6. The lowest BCUT2D eigenvalue weighted by Crippen LogP contribution is -2.65. The fraction of sp³-hybridized carbons (Fsp3) is 0.824. The van der Waals surface area contributed by atoms with E-state index in [0.29, 0.717) is 48.0 Å². The molecule has 0 spiro atoms. The van der Waals surface area contributed by atoms with Gasteiger partial charge in [0, 0.05) is 24.0 Å². The van der Waals surface area contributed by atoms with E-state index in [-0.39, 0.29) is 34.5 Å². The third kappa shape index (κ3) is 3.83. The van der Waals surface area contributed by atoms with Crippen molar-refractivity contribution in [2.75, 3.05) is 0 Å². The molecule has 246 valence electrons. The molecule has 6 aliphatic rings. The Hall–Kier alpha value is -0.986. The highest BCUT2D eigenvalue weighted by molar-refractivity contribution is 6.74. The Morgan fingerprint density at radius 3 is 1.27 bits per heavy atom. The fourth-order valence-corrected chi connectivity index (χ4v) is 11.4. The standard InChI is InChI=1S/C34H54O8Si2/c1-13-31-25-26-32(14-2,28(40-44(11,12)30(6,7)8)24-20(16-18-22(24)36)34(26,38)41-31)42-33(25,37)19-15-17-21(35)23(19)27(31)39-43(9,10)29(3,4)5/h25-28,37-38H,13-18H2,1-12H3/t25-,26-,27+,28+,31+,32+,33+,34+/m1/s1. The van der Waals surface area contributed by atoms with E-state index in [1.165, 1.54) is 0 Å². The van der Waals surface area contributed by atoms with Gasteiger partial charge in [0.1, 0.15) is 23.4 Å². The summed E-state index contributed by atoms with van der Waals surface area (Å²) in [6.07, 6.45) is 0.500. The quantitative estimate of drug-likeness (QED) is 0.334. The smallest absolute Gasteiger partial charge is 0.196 e. The summed E-state index contributed by atoms with van der Waals surface area (Å²) in [7, 11) is -4.99. The Kier molecular flexibility index (Phi) is 6.99. The van der Waals surface area contributed by atoms with Crippen molar-refractivity contribution in [3.05, 3.63) is 22.3 Å². The van der Waals surface area contributed by atoms with E-state index in [9.17, 15) is 19.8 Å². The SMILES string of the molecule is CC[C@@]12O[C@@]3(O)C4=C(C(=O)CC4)[C@H](O[Si](C)(C)C(C)(C)C)[C@@]4(CC)O[C@@](O)(C5=C(C(=O)CC5)[C@@H]1O[Si](C)(C)C(C)(C)C)[C@@H]2[C@H]43. The molecule has 8 nitrogen and oxygen atoms in total. The van der Waals surface area contributed by atoms with Crippen LogP contribution in [0.2, 0.25) is 36.3 Å². The van der Waals surface area contributed by atoms with E-state index < -0.39 is 63.5 Å². The van der Waals surface area contributed by atoms with Crippen LogP contribution in [-0.4, -0.2) is 73.4 Å². The number of rotatable bonds is 6. The largest absolute Gasteiger partial charge is 0.407 e. The number of hydrogen-bond donors (Lipinski definition) is 2. The van der Waals surface area contributed by atoms with Crippen molar-refractivity contribution in [3.63, 3.8) is 0 Å². The fourth-order valence-electron chi connectivity index (χ4n) is 8.85. The zero-order chi connectivity index (χ0) is 32.8. The molecule has 0 unspecified atom stereocenters. The van der Waals surface area contributed by atoms with E-state index in [2.05, 4.69) is 67.7 Å². The summed E-state index contributed by atoms with van der Waals surface area (Å²) in [6, 6.07) is 0. The minimum atomic E-state index is -2.50. The maximum absolute atomic E-state index is 13.8. The Bertz CT molecular complexity index is 1280. The van der Waals surface area contributed by atoms with Crippen molar-refractivity contribution in [1.29, 1.82) is 0 Å². The lowest BCUT2D eigenvalue weighted by molar-refractivity contribution is -0.317. The van der Waals surface area contributed by atoms with Gasteiger partial charge in [-0.2, -0.15) is 0 Å². The van der Waals surface area contributed by atoms with Crippen molar-refractivity contribution in [2.45, 2.75) is 165 Å². The molecule has 0 amide bonds. The van der Waals surface area contributed by atoms with Crippen LogP contribution in [0.1, 0.15) is 93.9 Å². The maximum atomic E-state index is 13.8. The van der Waals surface area contributed by atoms with Crippen LogP contribution < -0.4 is 0 Å². The first kappa shape index (κ1) is 32.9. The van der Waals surface area contributed by atoms with Gasteiger partial charge in [-0.3, -0.25) is 9.59 Å². The number of carbonyl (C=O) groups is 2. The van der Waals surface area contributed by atoms with E-state index >= 15 is 0 Å². The lowest BCUT2D eigenvalue weighted by Gasteiger charge is -2.54. The second-order valence-electron chi connectivity index (χ2n) is 17.3. The van der Waals surface area contributed by atoms with Crippen LogP contribution in [0.25, 0.3) is 0 Å². The Balaban J connectivity index is 1.64. The molecular weight excluding hydrogens is 593 g/mol. The average molecular weight is 647 g/mol. The zero-order valence-corrected chi connectivity index (χ0v) is 30.9. The highest BCUT2D eigenvalue weighted by atomic mass is 28.4. The molecule has 2 fully saturated rings. The van der Waals surface area contributed by atoms with Gasteiger partial charge in [-0.05, 0) is 73.1 Å². The number of Topliss-reactive ketones (excluding diaryl/α,β-unsaturated/α-hetero) is 2. The van der Waals surface area contributed by atoms with E-state index in [0.717, 1.165) is 0 Å². The van der Waals surface area contributed by atoms with Crippen LogP contribution in [0.3, 0.4) is 0 Å². The third-order valence-electron chi connectivity index (χ3n) is 13.2. The molecule has 0 aromatic heterocycles. The molecule has 6 rings (SSSR count). The number of carbonyl (C=O) groups excluding carboxylic acids is 2. The first-order valence-corrected chi connectivity index (χ1v) is 22.5. The van der Waals surface area contributed by atoms with E-state index in [1.54, 1.807) is 0 Å². The zero-order valence-electron chi connectivity index (χ0n) is 28.9. The van der Waals surface area contributed by atoms with Crippen LogP contribution in [0.4, 0.5) is 0 Å². The Labute approximate surface area is 265 Å². The van der Waals surface area contributed by atoms with Gasteiger partial charge in [-0.1, -0.05) is 55.4 Å². The van der Waals surface area contributed by atoms with Crippen molar-refractivity contribution in [3.8, 4) is 0 Å².